The lowest BCUT2D eigenvalue weighted by Crippen LogP contribution is -2.51. The molecule has 0 spiro atoms. The van der Waals surface area contributed by atoms with Gasteiger partial charge in [-0.2, -0.15) is 0 Å². The number of nitrogens with two attached hydrogens (primary N) is 1. The minimum Gasteiger partial charge on any atom is -0.409 e. The number of amides is 1. The zero-order valence-corrected chi connectivity index (χ0v) is 13.2. The van der Waals surface area contributed by atoms with Crippen LogP contribution in [0.3, 0.4) is 0 Å². The summed E-state index contributed by atoms with van der Waals surface area (Å²) in [4.78, 5) is 17.2. The fraction of sp³-hybridized carbons (Fsp3) is 0.867. The van der Waals surface area contributed by atoms with Gasteiger partial charge in [-0.15, -0.1) is 0 Å². The molecule has 0 aromatic rings. The maximum Gasteiger partial charge on any atom is 0.236 e. The van der Waals surface area contributed by atoms with Gasteiger partial charge < -0.3 is 20.7 Å². The van der Waals surface area contributed by atoms with Gasteiger partial charge in [0.05, 0.1) is 0 Å². The van der Waals surface area contributed by atoms with Crippen LogP contribution >= 0.6 is 0 Å². The highest BCUT2D eigenvalue weighted by molar-refractivity contribution is 6.06. The molecule has 1 amide bonds. The molecule has 1 saturated heterocycles. The molecular formula is C15H28N4O2. The van der Waals surface area contributed by atoms with E-state index in [0.29, 0.717) is 18.9 Å². The van der Waals surface area contributed by atoms with E-state index in [2.05, 4.69) is 10.1 Å². The van der Waals surface area contributed by atoms with Crippen molar-refractivity contribution in [1.82, 2.24) is 9.80 Å². The van der Waals surface area contributed by atoms with Crippen molar-refractivity contribution in [2.45, 2.75) is 51.0 Å². The normalized spacial score (nSPS) is 26.9. The molecular weight excluding hydrogens is 268 g/mol. The number of hydrogen-bond donors (Lipinski definition) is 2. The molecule has 3 N–H and O–H groups in total. The molecule has 6 nitrogen and oxygen atoms in total. The van der Waals surface area contributed by atoms with E-state index in [-0.39, 0.29) is 11.7 Å². The molecule has 120 valence electrons. The Labute approximate surface area is 127 Å². The molecule has 2 rings (SSSR count). The predicted molar refractivity (Wildman–Crippen MR) is 82.2 cm³/mol. The third-order valence-electron chi connectivity index (χ3n) is 5.15. The summed E-state index contributed by atoms with van der Waals surface area (Å²) in [6.07, 6.45) is 6.56. The van der Waals surface area contributed by atoms with Crippen LogP contribution in [0, 0.1) is 5.41 Å². The van der Waals surface area contributed by atoms with Gasteiger partial charge in [-0.05, 0) is 33.4 Å². The number of hydrogen-bond acceptors (Lipinski definition) is 4. The van der Waals surface area contributed by atoms with Gasteiger partial charge in [-0.1, -0.05) is 30.8 Å². The largest absolute Gasteiger partial charge is 0.409 e. The third-order valence-corrected chi connectivity index (χ3v) is 5.15. The topological polar surface area (TPSA) is 82.2 Å². The van der Waals surface area contributed by atoms with Gasteiger partial charge in [0.15, 0.2) is 5.84 Å². The summed E-state index contributed by atoms with van der Waals surface area (Å²) in [5.74, 6) is 0.159. The molecule has 1 unspecified atom stereocenters. The third kappa shape index (κ3) is 3.15. The van der Waals surface area contributed by atoms with Gasteiger partial charge in [0, 0.05) is 19.1 Å². The van der Waals surface area contributed by atoms with Crippen LogP contribution in [0.25, 0.3) is 0 Å². The number of carbonyl (C=O) groups is 1. The van der Waals surface area contributed by atoms with Crippen LogP contribution in [-0.2, 0) is 4.79 Å². The van der Waals surface area contributed by atoms with E-state index in [1.54, 1.807) is 0 Å². The van der Waals surface area contributed by atoms with E-state index < -0.39 is 5.41 Å². The summed E-state index contributed by atoms with van der Waals surface area (Å²) in [5, 5.41) is 12.4. The molecule has 0 bridgehead atoms. The van der Waals surface area contributed by atoms with Crippen LogP contribution in [-0.4, -0.2) is 60.0 Å². The molecule has 1 aliphatic heterocycles. The van der Waals surface area contributed by atoms with Crippen LogP contribution in [0.1, 0.15) is 44.9 Å². The molecule has 6 heteroatoms. The number of likely N-dealkylation sites (tertiary alicyclic amines) is 1. The smallest absolute Gasteiger partial charge is 0.236 e. The van der Waals surface area contributed by atoms with Gasteiger partial charge in [-0.25, -0.2) is 0 Å². The van der Waals surface area contributed by atoms with Crippen LogP contribution in [0.4, 0.5) is 0 Å². The minimum absolute atomic E-state index is 0.0593. The first kappa shape index (κ1) is 16.1. The van der Waals surface area contributed by atoms with Crippen molar-refractivity contribution in [2.24, 2.45) is 16.3 Å². The second-order valence-electron chi connectivity index (χ2n) is 6.64. The highest BCUT2D eigenvalue weighted by Crippen LogP contribution is 2.38. The molecule has 2 fully saturated rings. The molecule has 1 aliphatic carbocycles. The van der Waals surface area contributed by atoms with Crippen molar-refractivity contribution < 1.29 is 10.0 Å². The van der Waals surface area contributed by atoms with E-state index in [1.807, 2.05) is 19.0 Å². The van der Waals surface area contributed by atoms with Crippen molar-refractivity contribution >= 4 is 11.7 Å². The molecule has 1 atom stereocenters. The summed E-state index contributed by atoms with van der Waals surface area (Å²) >= 11 is 0. The van der Waals surface area contributed by atoms with Gasteiger partial charge >= 0.3 is 0 Å². The summed E-state index contributed by atoms with van der Waals surface area (Å²) in [7, 11) is 4.09. The number of amidine groups is 1. The van der Waals surface area contributed by atoms with Gasteiger partial charge in [0.2, 0.25) is 5.91 Å². The quantitative estimate of drug-likeness (QED) is 0.270. The fourth-order valence-electron chi connectivity index (χ4n) is 3.66. The Hall–Kier alpha value is -1.30. The first-order chi connectivity index (χ1) is 10.0. The summed E-state index contributed by atoms with van der Waals surface area (Å²) in [6, 6.07) is 0.407. The first-order valence-corrected chi connectivity index (χ1v) is 7.95. The fourth-order valence-corrected chi connectivity index (χ4v) is 3.66. The lowest BCUT2D eigenvalue weighted by atomic mass is 9.77. The maximum absolute atomic E-state index is 13.1. The Bertz CT molecular complexity index is 400. The zero-order valence-electron chi connectivity index (χ0n) is 13.2. The molecule has 2 aliphatic rings. The Morgan fingerprint density at radius 2 is 1.90 bits per heavy atom. The first-order valence-electron chi connectivity index (χ1n) is 7.95. The Balaban J connectivity index is 2.19. The summed E-state index contributed by atoms with van der Waals surface area (Å²) in [5.41, 5.74) is 5.17. The van der Waals surface area contributed by atoms with E-state index in [0.717, 1.165) is 45.2 Å². The standard InChI is InChI=1S/C15H28N4O2/c1-18(2)12-7-10-19(11-12)14(20)15(13(16)17-21)8-5-3-4-6-9-15/h12,21H,3-11H2,1-2H3,(H2,16,17). The Kier molecular flexibility index (Phi) is 5.08. The maximum atomic E-state index is 13.1. The molecule has 1 heterocycles. The van der Waals surface area contributed by atoms with Crippen molar-refractivity contribution in [1.29, 1.82) is 0 Å². The lowest BCUT2D eigenvalue weighted by molar-refractivity contribution is -0.138. The van der Waals surface area contributed by atoms with Gasteiger partial charge in [0.25, 0.3) is 0 Å². The van der Waals surface area contributed by atoms with Gasteiger partial charge in [-0.3, -0.25) is 4.79 Å². The Morgan fingerprint density at radius 1 is 1.29 bits per heavy atom. The highest BCUT2D eigenvalue weighted by Gasteiger charge is 2.46. The number of nitrogens with zero attached hydrogens (tertiary/aromatic N) is 3. The van der Waals surface area contributed by atoms with E-state index >= 15 is 0 Å². The average molecular weight is 296 g/mol. The molecule has 0 aromatic heterocycles. The van der Waals surface area contributed by atoms with Crippen molar-refractivity contribution in [3.63, 3.8) is 0 Å². The van der Waals surface area contributed by atoms with Gasteiger partial charge in [0.1, 0.15) is 5.41 Å². The summed E-state index contributed by atoms with van der Waals surface area (Å²) < 4.78 is 0. The second-order valence-corrected chi connectivity index (χ2v) is 6.64. The Morgan fingerprint density at radius 3 is 2.38 bits per heavy atom. The van der Waals surface area contributed by atoms with E-state index in [4.69, 9.17) is 10.9 Å². The number of rotatable bonds is 3. The lowest BCUT2D eigenvalue weighted by Gasteiger charge is -2.34. The van der Waals surface area contributed by atoms with Crippen molar-refractivity contribution in [3.8, 4) is 0 Å². The SMILES string of the molecule is CN(C)C1CCN(C(=O)C2(C(N)=NO)CCCCCC2)C1. The number of carbonyl (C=O) groups excluding carboxylic acids is 1. The van der Waals surface area contributed by atoms with E-state index in [1.165, 1.54) is 0 Å². The average Bonchev–Trinajstić information content (AvgIpc) is 2.84. The minimum atomic E-state index is -0.785. The van der Waals surface area contributed by atoms with E-state index in [9.17, 15) is 4.79 Å². The molecule has 0 radical (unpaired) electrons. The second kappa shape index (κ2) is 6.64. The van der Waals surface area contributed by atoms with Crippen LogP contribution in [0.2, 0.25) is 0 Å². The molecule has 0 aromatic carbocycles. The monoisotopic (exact) mass is 296 g/mol. The zero-order chi connectivity index (χ0) is 15.5. The number of likely N-dealkylation sites (N-methyl/N-ethyl adjacent to an activating group) is 1. The highest BCUT2D eigenvalue weighted by atomic mass is 16.4. The van der Waals surface area contributed by atoms with Crippen LogP contribution in [0.15, 0.2) is 5.16 Å². The molecule has 21 heavy (non-hydrogen) atoms. The summed E-state index contributed by atoms with van der Waals surface area (Å²) in [6.45, 7) is 1.51. The van der Waals surface area contributed by atoms with Crippen LogP contribution in [0.5, 0.6) is 0 Å². The van der Waals surface area contributed by atoms with Crippen molar-refractivity contribution in [2.75, 3.05) is 27.2 Å². The molecule has 1 saturated carbocycles. The van der Waals surface area contributed by atoms with Crippen molar-refractivity contribution in [3.05, 3.63) is 0 Å². The number of oxime groups is 1. The predicted octanol–water partition coefficient (Wildman–Crippen LogP) is 1.24. The van der Waals surface area contributed by atoms with Crippen LogP contribution < -0.4 is 5.73 Å².